The summed E-state index contributed by atoms with van der Waals surface area (Å²) in [6.45, 7) is 1.75. The van der Waals surface area contributed by atoms with Gasteiger partial charge in [0.05, 0.1) is 0 Å². The molecule has 0 aromatic carbocycles. The molecule has 1 saturated carbocycles. The average Bonchev–Trinajstić information content (AvgIpc) is 3.20. The van der Waals surface area contributed by atoms with Crippen LogP contribution in [0.25, 0.3) is 0 Å². The second-order valence-corrected chi connectivity index (χ2v) is 4.48. The Morgan fingerprint density at radius 2 is 2.39 bits per heavy atom. The van der Waals surface area contributed by atoms with E-state index >= 15 is 0 Å². The van der Waals surface area contributed by atoms with Gasteiger partial charge in [0.2, 0.25) is 5.91 Å². The molecule has 18 heavy (non-hydrogen) atoms. The van der Waals surface area contributed by atoms with Gasteiger partial charge in [-0.05, 0) is 36.8 Å². The zero-order valence-corrected chi connectivity index (χ0v) is 10.3. The zero-order valence-electron chi connectivity index (χ0n) is 10.3. The van der Waals surface area contributed by atoms with Crippen molar-refractivity contribution in [3.8, 4) is 11.8 Å². The molecule has 94 valence electrons. The molecule has 4 nitrogen and oxygen atoms in total. The Morgan fingerprint density at radius 1 is 1.61 bits per heavy atom. The number of aliphatic hydroxyl groups excluding tert-OH is 1. The van der Waals surface area contributed by atoms with E-state index in [-0.39, 0.29) is 18.4 Å². The Labute approximate surface area is 106 Å². The predicted octanol–water partition coefficient (Wildman–Crippen LogP) is 1.41. The molecular formula is C14H16N2O2. The predicted molar refractivity (Wildman–Crippen MR) is 68.7 cm³/mol. The summed E-state index contributed by atoms with van der Waals surface area (Å²) in [5, 5.41) is 11.4. The van der Waals surface area contributed by atoms with Gasteiger partial charge in [-0.1, -0.05) is 18.9 Å². The highest BCUT2D eigenvalue weighted by molar-refractivity contribution is 5.91. The summed E-state index contributed by atoms with van der Waals surface area (Å²) in [7, 11) is 0. The van der Waals surface area contributed by atoms with E-state index in [4.69, 9.17) is 5.11 Å². The molecule has 0 spiro atoms. The van der Waals surface area contributed by atoms with E-state index in [0.29, 0.717) is 17.4 Å². The maximum atomic E-state index is 11.9. The lowest BCUT2D eigenvalue weighted by atomic mass is 10.1. The third kappa shape index (κ3) is 3.31. The van der Waals surface area contributed by atoms with E-state index in [9.17, 15) is 4.79 Å². The smallest absolute Gasteiger partial charge is 0.228 e. The summed E-state index contributed by atoms with van der Waals surface area (Å²) in [6.07, 6.45) is 2.29. The molecule has 1 atom stereocenters. The largest absolute Gasteiger partial charge is 0.384 e. The molecule has 2 rings (SSSR count). The number of hydrogen-bond donors (Lipinski definition) is 2. The van der Waals surface area contributed by atoms with Crippen molar-refractivity contribution in [1.29, 1.82) is 0 Å². The lowest BCUT2D eigenvalue weighted by Gasteiger charge is -2.10. The van der Waals surface area contributed by atoms with Gasteiger partial charge >= 0.3 is 0 Å². The van der Waals surface area contributed by atoms with E-state index in [1.807, 2.05) is 6.92 Å². The molecule has 1 aliphatic rings. The minimum Gasteiger partial charge on any atom is -0.384 e. The van der Waals surface area contributed by atoms with Gasteiger partial charge in [0.25, 0.3) is 0 Å². The third-order valence-electron chi connectivity index (χ3n) is 3.04. The molecule has 0 bridgehead atoms. The Bertz CT molecular complexity index is 498. The van der Waals surface area contributed by atoms with E-state index < -0.39 is 0 Å². The number of carbonyl (C=O) groups excluding carboxylic acids is 1. The maximum Gasteiger partial charge on any atom is 0.228 e. The third-order valence-corrected chi connectivity index (χ3v) is 3.04. The summed E-state index contributed by atoms with van der Waals surface area (Å²) in [5.74, 6) is 6.33. The van der Waals surface area contributed by atoms with Gasteiger partial charge in [-0.2, -0.15) is 0 Å². The molecule has 1 aromatic heterocycles. The van der Waals surface area contributed by atoms with Gasteiger partial charge in [0, 0.05) is 5.92 Å². The van der Waals surface area contributed by atoms with Crippen LogP contribution in [0.3, 0.4) is 0 Å². The maximum absolute atomic E-state index is 11.9. The fraction of sp³-hybridized carbons (Fsp3) is 0.429. The Morgan fingerprint density at radius 3 is 3.06 bits per heavy atom. The summed E-state index contributed by atoms with van der Waals surface area (Å²) < 4.78 is 0. The quantitative estimate of drug-likeness (QED) is 0.790. The minimum absolute atomic E-state index is 0.0114. The Balaban J connectivity index is 2.02. The summed E-state index contributed by atoms with van der Waals surface area (Å²) in [4.78, 5) is 16.1. The fourth-order valence-electron chi connectivity index (χ4n) is 1.75. The lowest BCUT2D eigenvalue weighted by molar-refractivity contribution is -0.119. The highest BCUT2D eigenvalue weighted by Gasteiger charge is 2.32. The number of carbonyl (C=O) groups is 1. The zero-order chi connectivity index (χ0) is 13.0. The number of amides is 1. The highest BCUT2D eigenvalue weighted by Crippen LogP contribution is 2.36. The van der Waals surface area contributed by atoms with E-state index in [1.165, 1.54) is 0 Å². The van der Waals surface area contributed by atoms with Crippen LogP contribution in [0.2, 0.25) is 0 Å². The van der Waals surface area contributed by atoms with Crippen LogP contribution in [-0.4, -0.2) is 22.6 Å². The molecule has 1 unspecified atom stereocenters. The van der Waals surface area contributed by atoms with Gasteiger partial charge in [-0.15, -0.1) is 0 Å². The molecule has 2 N–H and O–H groups in total. The number of nitrogens with zero attached hydrogens (tertiary/aromatic N) is 1. The monoisotopic (exact) mass is 244 g/mol. The van der Waals surface area contributed by atoms with Gasteiger partial charge < -0.3 is 10.4 Å². The number of pyridine rings is 1. The molecule has 1 aliphatic carbocycles. The molecule has 1 aromatic rings. The number of hydrogen-bond acceptors (Lipinski definition) is 3. The molecule has 1 fully saturated rings. The van der Waals surface area contributed by atoms with Crippen molar-refractivity contribution in [3.05, 3.63) is 23.9 Å². The molecule has 0 radical (unpaired) electrons. The van der Waals surface area contributed by atoms with Crippen LogP contribution in [0, 0.1) is 23.7 Å². The van der Waals surface area contributed by atoms with Gasteiger partial charge in [0.1, 0.15) is 18.1 Å². The van der Waals surface area contributed by atoms with E-state index in [0.717, 1.165) is 12.8 Å². The van der Waals surface area contributed by atoms with Crippen molar-refractivity contribution in [2.75, 3.05) is 11.9 Å². The summed E-state index contributed by atoms with van der Waals surface area (Å²) in [6, 6.07) is 5.26. The van der Waals surface area contributed by atoms with Crippen LogP contribution in [0.5, 0.6) is 0 Å². The van der Waals surface area contributed by atoms with Crippen LogP contribution in [0.4, 0.5) is 5.82 Å². The standard InChI is InChI=1S/C14H16N2O2/c1-10(11-7-8-11)14(18)16-13-6-2-4-12(15-13)5-3-9-17/h2,4,6,10-11,17H,7-9H2,1H3,(H,15,16,18). The minimum atomic E-state index is -0.197. The number of aromatic nitrogens is 1. The SMILES string of the molecule is CC(C(=O)Nc1cccc(C#CCO)n1)C1CC1. The Hall–Kier alpha value is -1.86. The van der Waals surface area contributed by atoms with Crippen LogP contribution in [0.1, 0.15) is 25.5 Å². The first kappa shape index (κ1) is 12.6. The number of aliphatic hydroxyl groups is 1. The van der Waals surface area contributed by atoms with Crippen molar-refractivity contribution in [2.24, 2.45) is 11.8 Å². The van der Waals surface area contributed by atoms with Crippen molar-refractivity contribution >= 4 is 11.7 Å². The first-order valence-electron chi connectivity index (χ1n) is 6.08. The van der Waals surface area contributed by atoms with Crippen molar-refractivity contribution in [2.45, 2.75) is 19.8 Å². The normalized spacial score (nSPS) is 15.4. The van der Waals surface area contributed by atoms with E-state index in [1.54, 1.807) is 18.2 Å². The van der Waals surface area contributed by atoms with Crippen molar-refractivity contribution in [1.82, 2.24) is 4.98 Å². The number of rotatable bonds is 3. The van der Waals surface area contributed by atoms with Crippen molar-refractivity contribution < 1.29 is 9.90 Å². The summed E-state index contributed by atoms with van der Waals surface area (Å²) in [5.41, 5.74) is 0.543. The van der Waals surface area contributed by atoms with Gasteiger partial charge in [-0.3, -0.25) is 4.79 Å². The second-order valence-electron chi connectivity index (χ2n) is 4.48. The summed E-state index contributed by atoms with van der Waals surface area (Å²) >= 11 is 0. The molecular weight excluding hydrogens is 228 g/mol. The topological polar surface area (TPSA) is 62.2 Å². The van der Waals surface area contributed by atoms with Crippen LogP contribution < -0.4 is 5.32 Å². The molecule has 0 saturated heterocycles. The first-order valence-corrected chi connectivity index (χ1v) is 6.08. The molecule has 1 amide bonds. The van der Waals surface area contributed by atoms with Crippen LogP contribution in [-0.2, 0) is 4.79 Å². The number of anilines is 1. The van der Waals surface area contributed by atoms with Gasteiger partial charge in [0.15, 0.2) is 0 Å². The number of nitrogens with one attached hydrogen (secondary N) is 1. The molecule has 0 aliphatic heterocycles. The lowest BCUT2D eigenvalue weighted by Crippen LogP contribution is -2.22. The van der Waals surface area contributed by atoms with Gasteiger partial charge in [-0.25, -0.2) is 4.98 Å². The highest BCUT2D eigenvalue weighted by atomic mass is 16.2. The van der Waals surface area contributed by atoms with Crippen LogP contribution >= 0.6 is 0 Å². The Kier molecular flexibility index (Phi) is 3.96. The molecule has 1 heterocycles. The average molecular weight is 244 g/mol. The van der Waals surface area contributed by atoms with E-state index in [2.05, 4.69) is 22.1 Å². The fourth-order valence-corrected chi connectivity index (χ4v) is 1.75. The molecule has 4 heteroatoms. The second kappa shape index (κ2) is 5.65. The first-order chi connectivity index (χ1) is 8.70. The van der Waals surface area contributed by atoms with Crippen molar-refractivity contribution in [3.63, 3.8) is 0 Å². The van der Waals surface area contributed by atoms with Crippen LogP contribution in [0.15, 0.2) is 18.2 Å².